The van der Waals surface area contributed by atoms with Crippen molar-refractivity contribution in [3.63, 3.8) is 0 Å². The monoisotopic (exact) mass is 168 g/mol. The fraction of sp³-hybridized carbons (Fsp3) is 0.889. The molecule has 0 aromatic carbocycles. The van der Waals surface area contributed by atoms with E-state index >= 15 is 0 Å². The molecule has 1 N–H and O–H groups in total. The summed E-state index contributed by atoms with van der Waals surface area (Å²) < 4.78 is 5.17. The van der Waals surface area contributed by atoms with Gasteiger partial charge >= 0.3 is 5.97 Å². The van der Waals surface area contributed by atoms with Gasteiger partial charge in [-0.2, -0.15) is 0 Å². The minimum absolute atomic E-state index is 0.0784. The molecule has 3 fully saturated rings. The molecule has 1 heterocycles. The molecule has 12 heavy (non-hydrogen) atoms. The Labute approximate surface area is 70.7 Å². The lowest BCUT2D eigenvalue weighted by Crippen LogP contribution is -2.43. The summed E-state index contributed by atoms with van der Waals surface area (Å²) in [5, 5.41) is 10.0. The van der Waals surface area contributed by atoms with Crippen LogP contribution in [0.4, 0.5) is 0 Å². The number of rotatable bonds is 0. The Kier molecular flexibility index (Phi) is 0.971. The van der Waals surface area contributed by atoms with E-state index in [1.165, 1.54) is 0 Å². The topological polar surface area (TPSA) is 46.5 Å². The lowest BCUT2D eigenvalue weighted by molar-refractivity contribution is -0.150. The van der Waals surface area contributed by atoms with Crippen LogP contribution in [0, 0.1) is 17.8 Å². The smallest absolute Gasteiger partial charge is 0.309 e. The zero-order valence-electron chi connectivity index (χ0n) is 6.99. The molecule has 2 bridgehead atoms. The maximum Gasteiger partial charge on any atom is 0.309 e. The van der Waals surface area contributed by atoms with Crippen LogP contribution in [0.3, 0.4) is 0 Å². The van der Waals surface area contributed by atoms with Crippen molar-refractivity contribution in [2.24, 2.45) is 17.8 Å². The second kappa shape index (κ2) is 1.69. The van der Waals surface area contributed by atoms with E-state index in [4.69, 9.17) is 4.74 Å². The number of carbonyl (C=O) groups is 1. The summed E-state index contributed by atoms with van der Waals surface area (Å²) in [4.78, 5) is 11.2. The van der Waals surface area contributed by atoms with Gasteiger partial charge in [-0.15, -0.1) is 0 Å². The fourth-order valence-electron chi connectivity index (χ4n) is 3.24. The van der Waals surface area contributed by atoms with E-state index in [1.54, 1.807) is 6.92 Å². The van der Waals surface area contributed by atoms with Crippen LogP contribution < -0.4 is 0 Å². The highest BCUT2D eigenvalue weighted by Gasteiger charge is 2.66. The van der Waals surface area contributed by atoms with Gasteiger partial charge in [0, 0.05) is 5.92 Å². The van der Waals surface area contributed by atoms with Crippen LogP contribution in [0.1, 0.15) is 19.8 Å². The van der Waals surface area contributed by atoms with Crippen LogP contribution in [0.25, 0.3) is 0 Å². The summed E-state index contributed by atoms with van der Waals surface area (Å²) in [7, 11) is 0. The van der Waals surface area contributed by atoms with Crippen molar-refractivity contribution in [3.8, 4) is 0 Å². The van der Waals surface area contributed by atoms with Gasteiger partial charge in [0.15, 0.2) is 0 Å². The van der Waals surface area contributed by atoms with E-state index in [-0.39, 0.29) is 18.0 Å². The standard InChI is InChI=1S/C9H12O3/c1-9(11)4-2-5-6(3-4)8(10)12-7(5)9/h4-7,11H,2-3H2,1H3. The number of carbonyl (C=O) groups excluding carboxylic acids is 1. The number of aliphatic hydroxyl groups is 1. The van der Waals surface area contributed by atoms with E-state index in [9.17, 15) is 9.90 Å². The quantitative estimate of drug-likeness (QED) is 0.530. The number of hydrogen-bond acceptors (Lipinski definition) is 3. The van der Waals surface area contributed by atoms with Crippen LogP contribution in [0.15, 0.2) is 0 Å². The SMILES string of the molecule is CC1(O)C2CC3C(=O)OC1C3C2. The maximum absolute atomic E-state index is 11.2. The molecule has 3 rings (SSSR count). The second-order valence-electron chi connectivity index (χ2n) is 4.52. The molecule has 5 unspecified atom stereocenters. The van der Waals surface area contributed by atoms with Crippen molar-refractivity contribution in [1.82, 2.24) is 0 Å². The van der Waals surface area contributed by atoms with Gasteiger partial charge < -0.3 is 9.84 Å². The first-order valence-corrected chi connectivity index (χ1v) is 4.53. The molecule has 5 atom stereocenters. The summed E-state index contributed by atoms with van der Waals surface area (Å²) in [6.07, 6.45) is 1.62. The minimum atomic E-state index is -0.743. The van der Waals surface area contributed by atoms with E-state index < -0.39 is 5.60 Å². The van der Waals surface area contributed by atoms with Crippen molar-refractivity contribution in [2.45, 2.75) is 31.5 Å². The average Bonchev–Trinajstić information content (AvgIpc) is 2.53. The normalized spacial score (nSPS) is 61.0. The van der Waals surface area contributed by atoms with Gasteiger partial charge in [-0.3, -0.25) is 4.79 Å². The first-order chi connectivity index (χ1) is 5.60. The van der Waals surface area contributed by atoms with Crippen molar-refractivity contribution in [2.75, 3.05) is 0 Å². The van der Waals surface area contributed by atoms with E-state index in [1.807, 2.05) is 0 Å². The average molecular weight is 168 g/mol. The maximum atomic E-state index is 11.2. The first kappa shape index (κ1) is 6.89. The number of hydrogen-bond donors (Lipinski definition) is 1. The van der Waals surface area contributed by atoms with E-state index in [0.717, 1.165) is 12.8 Å². The summed E-state index contributed by atoms with van der Waals surface area (Å²) in [5.74, 6) is 0.645. The second-order valence-corrected chi connectivity index (χ2v) is 4.52. The molecular formula is C9H12O3. The Morgan fingerprint density at radius 2 is 2.33 bits per heavy atom. The summed E-state index contributed by atoms with van der Waals surface area (Å²) in [6, 6.07) is 0. The summed E-state index contributed by atoms with van der Waals surface area (Å²) >= 11 is 0. The summed E-state index contributed by atoms with van der Waals surface area (Å²) in [6.45, 7) is 1.80. The molecule has 0 aromatic rings. The number of esters is 1. The Morgan fingerprint density at radius 1 is 1.58 bits per heavy atom. The first-order valence-electron chi connectivity index (χ1n) is 4.53. The van der Waals surface area contributed by atoms with Crippen molar-refractivity contribution >= 4 is 5.97 Å². The van der Waals surface area contributed by atoms with Crippen LogP contribution >= 0.6 is 0 Å². The third-order valence-corrected chi connectivity index (χ3v) is 3.95. The lowest BCUT2D eigenvalue weighted by atomic mass is 9.80. The molecule has 1 aliphatic heterocycles. The van der Waals surface area contributed by atoms with E-state index in [2.05, 4.69) is 0 Å². The molecule has 0 amide bonds. The highest BCUT2D eigenvalue weighted by molar-refractivity contribution is 5.77. The molecule has 2 saturated carbocycles. The highest BCUT2D eigenvalue weighted by Crippen LogP contribution is 2.58. The number of ether oxygens (including phenoxy) is 1. The van der Waals surface area contributed by atoms with Crippen LogP contribution in [-0.4, -0.2) is 22.8 Å². The molecule has 66 valence electrons. The van der Waals surface area contributed by atoms with Crippen molar-refractivity contribution < 1.29 is 14.6 Å². The van der Waals surface area contributed by atoms with Gasteiger partial charge in [-0.25, -0.2) is 0 Å². The third kappa shape index (κ3) is 0.534. The molecule has 3 heteroatoms. The Hall–Kier alpha value is -0.570. The van der Waals surface area contributed by atoms with Gasteiger partial charge in [0.05, 0.1) is 5.92 Å². The van der Waals surface area contributed by atoms with Gasteiger partial charge in [0.1, 0.15) is 11.7 Å². The third-order valence-electron chi connectivity index (χ3n) is 3.95. The minimum Gasteiger partial charge on any atom is -0.459 e. The lowest BCUT2D eigenvalue weighted by Gasteiger charge is -2.31. The zero-order valence-corrected chi connectivity index (χ0v) is 6.99. The predicted octanol–water partition coefficient (Wildman–Crippen LogP) is 0.319. The highest BCUT2D eigenvalue weighted by atomic mass is 16.6. The zero-order chi connectivity index (χ0) is 8.51. The Balaban J connectivity index is 2.07. The van der Waals surface area contributed by atoms with Crippen molar-refractivity contribution in [3.05, 3.63) is 0 Å². The van der Waals surface area contributed by atoms with Crippen LogP contribution in [0.2, 0.25) is 0 Å². The number of fused-ring (bicyclic) bond motifs is 1. The molecular weight excluding hydrogens is 156 g/mol. The van der Waals surface area contributed by atoms with E-state index in [0.29, 0.717) is 11.8 Å². The molecule has 3 aliphatic rings. The largest absolute Gasteiger partial charge is 0.459 e. The van der Waals surface area contributed by atoms with Crippen LogP contribution in [0.5, 0.6) is 0 Å². The predicted molar refractivity (Wildman–Crippen MR) is 40.2 cm³/mol. The molecule has 3 nitrogen and oxygen atoms in total. The van der Waals surface area contributed by atoms with Gasteiger partial charge in [-0.1, -0.05) is 0 Å². The van der Waals surface area contributed by atoms with Crippen molar-refractivity contribution in [1.29, 1.82) is 0 Å². The molecule has 0 aromatic heterocycles. The summed E-state index contributed by atoms with van der Waals surface area (Å²) in [5.41, 5.74) is -0.743. The molecule has 2 aliphatic carbocycles. The van der Waals surface area contributed by atoms with Gasteiger partial charge in [-0.05, 0) is 25.7 Å². The van der Waals surface area contributed by atoms with Crippen LogP contribution in [-0.2, 0) is 9.53 Å². The van der Waals surface area contributed by atoms with Gasteiger partial charge in [0.25, 0.3) is 0 Å². The molecule has 0 spiro atoms. The Bertz CT molecular complexity index is 258. The van der Waals surface area contributed by atoms with Gasteiger partial charge in [0.2, 0.25) is 0 Å². The molecule has 1 saturated heterocycles. The fourth-order valence-corrected chi connectivity index (χ4v) is 3.24. The Morgan fingerprint density at radius 3 is 2.92 bits per heavy atom. The molecule has 0 radical (unpaired) electrons.